The second kappa shape index (κ2) is 52.9. The SMILES string of the molecule is CCCCCCCCCCC(CCCCCCCCCC)C(=O)OCCCN(CCCOC(=O)C(CCCCCCCCCC)CCCCCCCCCC)C(=O)C=CC(=O)NCCOCCN(C)C. The van der Waals surface area contributed by atoms with Gasteiger partial charge in [0.2, 0.25) is 11.8 Å². The largest absolute Gasteiger partial charge is 0.465 e. The van der Waals surface area contributed by atoms with Gasteiger partial charge in [-0.15, -0.1) is 0 Å². The number of esters is 2. The van der Waals surface area contributed by atoms with Crippen molar-refractivity contribution in [3.8, 4) is 0 Å². The van der Waals surface area contributed by atoms with Gasteiger partial charge in [-0.05, 0) is 52.6 Å². The molecule has 0 fully saturated rings. The quantitative estimate of drug-likeness (QED) is 0.0364. The van der Waals surface area contributed by atoms with Gasteiger partial charge in [-0.3, -0.25) is 19.2 Å². The lowest BCUT2D eigenvalue weighted by molar-refractivity contribution is -0.150. The third kappa shape index (κ3) is 45.4. The Hall–Kier alpha value is -2.46. The van der Waals surface area contributed by atoms with Crippen LogP contribution < -0.4 is 5.32 Å². The predicted molar refractivity (Wildman–Crippen MR) is 295 cm³/mol. The molecule has 0 aromatic carbocycles. The Morgan fingerprint density at radius 2 is 0.729 bits per heavy atom. The molecule has 0 atom stereocenters. The number of amides is 2. The lowest BCUT2D eigenvalue weighted by atomic mass is 9.94. The molecule has 0 aromatic heterocycles. The van der Waals surface area contributed by atoms with E-state index in [1.54, 1.807) is 4.90 Å². The van der Waals surface area contributed by atoms with Crippen LogP contribution >= 0.6 is 0 Å². The van der Waals surface area contributed by atoms with Crippen molar-refractivity contribution in [2.45, 2.75) is 272 Å². The van der Waals surface area contributed by atoms with Crippen molar-refractivity contribution in [2.75, 3.05) is 66.7 Å². The van der Waals surface area contributed by atoms with Gasteiger partial charge in [0.25, 0.3) is 0 Å². The van der Waals surface area contributed by atoms with E-state index in [0.29, 0.717) is 45.7 Å². The van der Waals surface area contributed by atoms with E-state index in [4.69, 9.17) is 14.2 Å². The van der Waals surface area contributed by atoms with Crippen LogP contribution in [-0.2, 0) is 33.4 Å². The topological polar surface area (TPSA) is 114 Å². The van der Waals surface area contributed by atoms with Gasteiger partial charge in [-0.2, -0.15) is 0 Å². The smallest absolute Gasteiger partial charge is 0.308 e. The fraction of sp³-hybridized carbons (Fsp3) is 0.900. The van der Waals surface area contributed by atoms with E-state index in [9.17, 15) is 19.2 Å². The molecule has 0 heterocycles. The minimum absolute atomic E-state index is 0.0812. The van der Waals surface area contributed by atoms with E-state index >= 15 is 0 Å². The van der Waals surface area contributed by atoms with Gasteiger partial charge in [0, 0.05) is 38.3 Å². The highest BCUT2D eigenvalue weighted by Crippen LogP contribution is 2.23. The maximum absolute atomic E-state index is 13.6. The number of nitrogens with one attached hydrogen (secondary N) is 1. The summed E-state index contributed by atoms with van der Waals surface area (Å²) in [5.41, 5.74) is 0. The molecule has 0 rings (SSSR count). The Balaban J connectivity index is 5.50. The summed E-state index contributed by atoms with van der Waals surface area (Å²) in [6.07, 6.45) is 46.7. The summed E-state index contributed by atoms with van der Waals surface area (Å²) < 4.78 is 17.5. The maximum atomic E-state index is 13.6. The first-order valence-electron chi connectivity index (χ1n) is 30.0. The molecule has 0 saturated heterocycles. The standard InChI is InChI=1S/C60H115N3O7/c1-7-11-15-19-23-27-31-35-41-55(42-36-32-28-24-20-16-12-8-2)59(66)69-51-39-48-63(58(65)46-45-57(64)61-47-53-68-54-50-62(5)6)49-40-52-70-60(67)56(43-37-33-29-25-21-17-13-9-3)44-38-34-30-26-22-18-14-10-4/h45-46,55-56H,7-44,47-54H2,1-6H3,(H,61,64). The molecule has 10 nitrogen and oxygen atoms in total. The minimum Gasteiger partial charge on any atom is -0.465 e. The van der Waals surface area contributed by atoms with Crippen LogP contribution in [0.25, 0.3) is 0 Å². The molecule has 1 N–H and O–H groups in total. The summed E-state index contributed by atoms with van der Waals surface area (Å²) in [4.78, 5) is 57.0. The van der Waals surface area contributed by atoms with Crippen LogP contribution in [0, 0.1) is 11.8 Å². The third-order valence-electron chi connectivity index (χ3n) is 13.8. The molecule has 0 aromatic rings. The Labute approximate surface area is 433 Å². The normalized spacial score (nSPS) is 11.7. The molecule has 412 valence electrons. The number of unbranched alkanes of at least 4 members (excludes halogenated alkanes) is 28. The Morgan fingerprint density at radius 1 is 0.400 bits per heavy atom. The molecule has 0 radical (unpaired) electrons. The Kier molecular flexibility index (Phi) is 51.0. The molecule has 2 amide bonds. The Morgan fingerprint density at radius 3 is 1.06 bits per heavy atom. The van der Waals surface area contributed by atoms with Gasteiger partial charge < -0.3 is 29.3 Å². The van der Waals surface area contributed by atoms with Crippen molar-refractivity contribution in [3.05, 3.63) is 12.2 Å². The molecular weight excluding hydrogens is 875 g/mol. The van der Waals surface area contributed by atoms with Crippen LogP contribution in [0.5, 0.6) is 0 Å². The molecule has 0 aliphatic rings. The number of likely N-dealkylation sites (N-methyl/N-ethyl adjacent to an activating group) is 1. The van der Waals surface area contributed by atoms with Crippen molar-refractivity contribution in [2.24, 2.45) is 11.8 Å². The molecule has 10 heteroatoms. The zero-order valence-electron chi connectivity index (χ0n) is 47.1. The van der Waals surface area contributed by atoms with Crippen molar-refractivity contribution in [3.63, 3.8) is 0 Å². The minimum atomic E-state index is -0.356. The molecule has 0 spiro atoms. The first-order chi connectivity index (χ1) is 34.2. The first-order valence-corrected chi connectivity index (χ1v) is 30.0. The van der Waals surface area contributed by atoms with Crippen LogP contribution in [-0.4, -0.2) is 100 Å². The van der Waals surface area contributed by atoms with Gasteiger partial charge in [0.15, 0.2) is 0 Å². The summed E-state index contributed by atoms with van der Waals surface area (Å²) in [7, 11) is 3.97. The van der Waals surface area contributed by atoms with Gasteiger partial charge in [-0.25, -0.2) is 0 Å². The summed E-state index contributed by atoms with van der Waals surface area (Å²) >= 11 is 0. The summed E-state index contributed by atoms with van der Waals surface area (Å²) in [6, 6.07) is 0. The predicted octanol–water partition coefficient (Wildman–Crippen LogP) is 15.3. The highest BCUT2D eigenvalue weighted by atomic mass is 16.5. The lowest BCUT2D eigenvalue weighted by Gasteiger charge is -2.22. The van der Waals surface area contributed by atoms with Crippen LogP contribution in [0.4, 0.5) is 0 Å². The average molecular weight is 991 g/mol. The van der Waals surface area contributed by atoms with E-state index < -0.39 is 0 Å². The average Bonchev–Trinajstić information content (AvgIpc) is 3.35. The highest BCUT2D eigenvalue weighted by Gasteiger charge is 2.22. The van der Waals surface area contributed by atoms with Crippen molar-refractivity contribution in [1.82, 2.24) is 15.1 Å². The zero-order chi connectivity index (χ0) is 51.4. The summed E-state index contributed by atoms with van der Waals surface area (Å²) in [5, 5.41) is 2.79. The summed E-state index contributed by atoms with van der Waals surface area (Å²) in [5.74, 6) is -1.02. The van der Waals surface area contributed by atoms with Crippen molar-refractivity contribution in [1.29, 1.82) is 0 Å². The van der Waals surface area contributed by atoms with E-state index in [2.05, 4.69) is 33.0 Å². The number of ether oxygens (including phenoxy) is 3. The van der Waals surface area contributed by atoms with Gasteiger partial charge >= 0.3 is 11.9 Å². The monoisotopic (exact) mass is 990 g/mol. The van der Waals surface area contributed by atoms with E-state index in [1.807, 2.05) is 19.0 Å². The zero-order valence-corrected chi connectivity index (χ0v) is 47.1. The molecule has 0 aliphatic carbocycles. The molecule has 0 bridgehead atoms. The second-order valence-electron chi connectivity index (χ2n) is 20.9. The van der Waals surface area contributed by atoms with Gasteiger partial charge in [-0.1, -0.05) is 233 Å². The van der Waals surface area contributed by atoms with Crippen LogP contribution in [0.3, 0.4) is 0 Å². The van der Waals surface area contributed by atoms with Gasteiger partial charge in [0.05, 0.1) is 38.3 Å². The fourth-order valence-corrected chi connectivity index (χ4v) is 9.19. The van der Waals surface area contributed by atoms with Crippen molar-refractivity contribution < 1.29 is 33.4 Å². The highest BCUT2D eigenvalue weighted by molar-refractivity contribution is 5.96. The van der Waals surface area contributed by atoms with Crippen molar-refractivity contribution >= 4 is 23.8 Å². The first kappa shape index (κ1) is 67.5. The van der Waals surface area contributed by atoms with E-state index in [0.717, 1.165) is 83.6 Å². The number of hydrogen-bond donors (Lipinski definition) is 1. The molecule has 0 saturated carbocycles. The molecule has 70 heavy (non-hydrogen) atoms. The number of nitrogens with zero attached hydrogens (tertiary/aromatic N) is 2. The number of carbonyl (C=O) groups excluding carboxylic acids is 4. The lowest BCUT2D eigenvalue weighted by Crippen LogP contribution is -2.34. The van der Waals surface area contributed by atoms with E-state index in [1.165, 1.54) is 166 Å². The van der Waals surface area contributed by atoms with Crippen LogP contribution in [0.2, 0.25) is 0 Å². The van der Waals surface area contributed by atoms with Crippen LogP contribution in [0.15, 0.2) is 12.2 Å². The fourth-order valence-electron chi connectivity index (χ4n) is 9.19. The second-order valence-corrected chi connectivity index (χ2v) is 20.9. The van der Waals surface area contributed by atoms with Gasteiger partial charge in [0.1, 0.15) is 0 Å². The number of carbonyl (C=O) groups is 4. The van der Waals surface area contributed by atoms with E-state index in [-0.39, 0.29) is 48.8 Å². The summed E-state index contributed by atoms with van der Waals surface area (Å²) in [6.45, 7) is 12.3. The maximum Gasteiger partial charge on any atom is 0.308 e. The molecule has 0 aliphatic heterocycles. The number of rotatable bonds is 54. The Bertz CT molecular complexity index is 1110. The molecular formula is C60H115N3O7. The van der Waals surface area contributed by atoms with Crippen LogP contribution in [0.1, 0.15) is 272 Å². The number of hydrogen-bond acceptors (Lipinski definition) is 8. The molecule has 0 unspecified atom stereocenters. The third-order valence-corrected chi connectivity index (χ3v) is 13.8.